The summed E-state index contributed by atoms with van der Waals surface area (Å²) in [5, 5.41) is 23.9. The van der Waals surface area contributed by atoms with Crippen LogP contribution in [0.4, 0.5) is 5.69 Å². The second kappa shape index (κ2) is 8.70. The second-order valence-corrected chi connectivity index (χ2v) is 7.04. The molecular formula is C18H20N6O3S. The predicted octanol–water partition coefficient (Wildman–Crippen LogP) is 3.51. The fraction of sp³-hybridized carbons (Fsp3) is 0.278. The molecule has 0 unspecified atom stereocenters. The lowest BCUT2D eigenvalue weighted by atomic mass is 10.1. The Bertz CT molecular complexity index is 997. The standard InChI is InChI=1S/C18H20N6O3S/c1-4-7-23-17(11-27-16-8-13(2)5-6-14(16)3)20-21-18(23)28-12-22-10-15(9-19-22)24(25)26/h4-6,8-10H,1,7,11-12H2,2-3H3. The van der Waals surface area contributed by atoms with Gasteiger partial charge in [0.25, 0.3) is 0 Å². The number of rotatable bonds is 9. The highest BCUT2D eigenvalue weighted by Crippen LogP contribution is 2.23. The Labute approximate surface area is 166 Å². The van der Waals surface area contributed by atoms with E-state index >= 15 is 0 Å². The van der Waals surface area contributed by atoms with Gasteiger partial charge < -0.3 is 4.74 Å². The first kappa shape index (κ1) is 19.6. The van der Waals surface area contributed by atoms with E-state index in [2.05, 4.69) is 21.9 Å². The van der Waals surface area contributed by atoms with E-state index in [4.69, 9.17) is 4.74 Å². The number of hydrogen-bond acceptors (Lipinski definition) is 7. The van der Waals surface area contributed by atoms with Crippen LogP contribution in [-0.2, 0) is 19.0 Å². The molecule has 0 radical (unpaired) electrons. The third-order valence-corrected chi connectivity index (χ3v) is 4.92. The summed E-state index contributed by atoms with van der Waals surface area (Å²) in [5.74, 6) is 1.86. The van der Waals surface area contributed by atoms with E-state index in [9.17, 15) is 10.1 Å². The van der Waals surface area contributed by atoms with Gasteiger partial charge in [0.15, 0.2) is 11.0 Å². The zero-order valence-electron chi connectivity index (χ0n) is 15.6. The van der Waals surface area contributed by atoms with Crippen molar-refractivity contribution in [1.82, 2.24) is 24.5 Å². The SMILES string of the molecule is C=CCn1c(COc2cc(C)ccc2C)nnc1SCn1cc([N+](=O)[O-])cn1. The van der Waals surface area contributed by atoms with Crippen LogP contribution in [0.15, 0.2) is 48.4 Å². The second-order valence-electron chi connectivity index (χ2n) is 6.12. The van der Waals surface area contributed by atoms with E-state index < -0.39 is 4.92 Å². The smallest absolute Gasteiger partial charge is 0.307 e. The molecule has 0 aliphatic carbocycles. The van der Waals surface area contributed by atoms with E-state index in [-0.39, 0.29) is 12.3 Å². The molecule has 3 aromatic rings. The molecular weight excluding hydrogens is 380 g/mol. The number of nitrogens with zero attached hydrogens (tertiary/aromatic N) is 6. The summed E-state index contributed by atoms with van der Waals surface area (Å²) in [6.07, 6.45) is 4.36. The molecule has 0 spiro atoms. The first-order valence-corrected chi connectivity index (χ1v) is 9.49. The van der Waals surface area contributed by atoms with Gasteiger partial charge in [0.2, 0.25) is 0 Å². The van der Waals surface area contributed by atoms with Crippen molar-refractivity contribution < 1.29 is 9.66 Å². The molecule has 3 rings (SSSR count). The first-order chi connectivity index (χ1) is 13.5. The van der Waals surface area contributed by atoms with Gasteiger partial charge in [-0.3, -0.25) is 19.4 Å². The minimum Gasteiger partial charge on any atom is -0.485 e. The van der Waals surface area contributed by atoms with Crippen LogP contribution in [0.1, 0.15) is 17.0 Å². The lowest BCUT2D eigenvalue weighted by Gasteiger charge is -2.11. The summed E-state index contributed by atoms with van der Waals surface area (Å²) < 4.78 is 9.33. The van der Waals surface area contributed by atoms with Crippen LogP contribution in [0, 0.1) is 24.0 Å². The number of hydrogen-bond donors (Lipinski definition) is 0. The molecule has 0 amide bonds. The quantitative estimate of drug-likeness (QED) is 0.234. The molecule has 2 heterocycles. The highest BCUT2D eigenvalue weighted by molar-refractivity contribution is 7.98. The largest absolute Gasteiger partial charge is 0.485 e. The van der Waals surface area contributed by atoms with Crippen molar-refractivity contribution >= 4 is 17.4 Å². The molecule has 0 fully saturated rings. The zero-order valence-corrected chi connectivity index (χ0v) is 16.4. The number of allylic oxidation sites excluding steroid dienone is 1. The molecule has 0 saturated carbocycles. The lowest BCUT2D eigenvalue weighted by Crippen LogP contribution is -2.08. The molecule has 0 atom stereocenters. The van der Waals surface area contributed by atoms with Gasteiger partial charge in [0, 0.05) is 6.54 Å². The minimum atomic E-state index is -0.475. The third kappa shape index (κ3) is 4.58. The van der Waals surface area contributed by atoms with Crippen molar-refractivity contribution in [1.29, 1.82) is 0 Å². The van der Waals surface area contributed by atoms with Gasteiger partial charge >= 0.3 is 5.69 Å². The first-order valence-electron chi connectivity index (χ1n) is 8.50. The van der Waals surface area contributed by atoms with Crippen molar-refractivity contribution in [2.75, 3.05) is 0 Å². The predicted molar refractivity (Wildman–Crippen MR) is 105 cm³/mol. The molecule has 10 heteroatoms. The van der Waals surface area contributed by atoms with Crippen molar-refractivity contribution in [3.63, 3.8) is 0 Å². The zero-order chi connectivity index (χ0) is 20.1. The van der Waals surface area contributed by atoms with Crippen LogP contribution in [0.25, 0.3) is 0 Å². The van der Waals surface area contributed by atoms with E-state index in [1.54, 1.807) is 6.08 Å². The van der Waals surface area contributed by atoms with Gasteiger partial charge in [-0.15, -0.1) is 16.8 Å². The highest BCUT2D eigenvalue weighted by Gasteiger charge is 2.14. The number of benzene rings is 1. The molecule has 0 aliphatic rings. The fourth-order valence-corrected chi connectivity index (χ4v) is 3.31. The summed E-state index contributed by atoms with van der Waals surface area (Å²) >= 11 is 1.38. The Morgan fingerprint density at radius 2 is 2.18 bits per heavy atom. The maximum atomic E-state index is 10.8. The number of nitro groups is 1. The molecule has 0 N–H and O–H groups in total. The van der Waals surface area contributed by atoms with Crippen LogP contribution in [0.5, 0.6) is 5.75 Å². The van der Waals surface area contributed by atoms with Crippen LogP contribution in [0.2, 0.25) is 0 Å². The monoisotopic (exact) mass is 400 g/mol. The van der Waals surface area contributed by atoms with Gasteiger partial charge in [-0.2, -0.15) is 5.10 Å². The topological polar surface area (TPSA) is 101 Å². The maximum Gasteiger partial charge on any atom is 0.307 e. The van der Waals surface area contributed by atoms with Gasteiger partial charge in [0.1, 0.15) is 24.8 Å². The van der Waals surface area contributed by atoms with Crippen LogP contribution in [-0.4, -0.2) is 29.5 Å². The Kier molecular flexibility index (Phi) is 6.09. The normalized spacial score (nSPS) is 10.8. The summed E-state index contributed by atoms with van der Waals surface area (Å²) in [7, 11) is 0. The Hall–Kier alpha value is -3.14. The van der Waals surface area contributed by atoms with E-state index in [0.717, 1.165) is 16.9 Å². The molecule has 28 heavy (non-hydrogen) atoms. The van der Waals surface area contributed by atoms with Crippen molar-refractivity contribution in [3.05, 3.63) is 70.3 Å². The summed E-state index contributed by atoms with van der Waals surface area (Å²) in [4.78, 5) is 10.3. The number of aromatic nitrogens is 5. The number of aryl methyl sites for hydroxylation is 2. The number of ether oxygens (including phenoxy) is 1. The average molecular weight is 400 g/mol. The maximum absolute atomic E-state index is 10.8. The summed E-state index contributed by atoms with van der Waals surface area (Å²) in [5.41, 5.74) is 2.13. The molecule has 9 nitrogen and oxygen atoms in total. The highest BCUT2D eigenvalue weighted by atomic mass is 32.2. The molecule has 0 saturated heterocycles. The third-order valence-electron chi connectivity index (χ3n) is 3.96. The van der Waals surface area contributed by atoms with Crippen molar-refractivity contribution in [3.8, 4) is 5.75 Å². The molecule has 2 aromatic heterocycles. The van der Waals surface area contributed by atoms with Crippen LogP contribution < -0.4 is 4.74 Å². The minimum absolute atomic E-state index is 0.0456. The van der Waals surface area contributed by atoms with E-state index in [0.29, 0.717) is 23.4 Å². The lowest BCUT2D eigenvalue weighted by molar-refractivity contribution is -0.385. The molecule has 146 valence electrons. The Balaban J connectivity index is 1.70. The van der Waals surface area contributed by atoms with Gasteiger partial charge in [-0.05, 0) is 31.0 Å². The molecule has 0 aliphatic heterocycles. The summed E-state index contributed by atoms with van der Waals surface area (Å²) in [6, 6.07) is 6.05. The van der Waals surface area contributed by atoms with Gasteiger partial charge in [0.05, 0.1) is 10.8 Å². The van der Waals surface area contributed by atoms with Crippen molar-refractivity contribution in [2.24, 2.45) is 0 Å². The Morgan fingerprint density at radius 1 is 1.36 bits per heavy atom. The van der Waals surface area contributed by atoms with Crippen LogP contribution >= 0.6 is 11.8 Å². The van der Waals surface area contributed by atoms with Gasteiger partial charge in [-0.25, -0.2) is 0 Å². The summed E-state index contributed by atoms with van der Waals surface area (Å²) in [6.45, 7) is 8.60. The number of thioether (sulfide) groups is 1. The van der Waals surface area contributed by atoms with E-state index in [1.807, 2.05) is 36.6 Å². The Morgan fingerprint density at radius 3 is 2.89 bits per heavy atom. The van der Waals surface area contributed by atoms with Crippen molar-refractivity contribution in [2.45, 2.75) is 38.0 Å². The average Bonchev–Trinajstić information content (AvgIpc) is 3.28. The molecule has 0 bridgehead atoms. The van der Waals surface area contributed by atoms with E-state index in [1.165, 1.54) is 28.8 Å². The van der Waals surface area contributed by atoms with Crippen LogP contribution in [0.3, 0.4) is 0 Å². The fourth-order valence-electron chi connectivity index (χ4n) is 2.49. The molecule has 1 aromatic carbocycles. The van der Waals surface area contributed by atoms with Gasteiger partial charge in [-0.1, -0.05) is 30.0 Å².